The Hall–Kier alpha value is -2.92. The maximum atomic E-state index is 12.7. The zero-order valence-corrected chi connectivity index (χ0v) is 16.1. The van der Waals surface area contributed by atoms with Gasteiger partial charge in [-0.25, -0.2) is 0 Å². The lowest BCUT2D eigenvalue weighted by Crippen LogP contribution is -2.30. The van der Waals surface area contributed by atoms with E-state index in [1.807, 2.05) is 19.1 Å². The van der Waals surface area contributed by atoms with Crippen molar-refractivity contribution in [3.05, 3.63) is 70.8 Å². The number of hydrogen-bond donors (Lipinski definition) is 1. The molecule has 28 heavy (non-hydrogen) atoms. The second-order valence-corrected chi connectivity index (χ2v) is 7.49. The van der Waals surface area contributed by atoms with Gasteiger partial charge in [-0.3, -0.25) is 19.3 Å². The Kier molecular flexibility index (Phi) is 4.77. The molecule has 0 bridgehead atoms. The van der Waals surface area contributed by atoms with Gasteiger partial charge < -0.3 is 5.32 Å². The van der Waals surface area contributed by atoms with E-state index in [1.54, 1.807) is 42.5 Å². The Balaban J connectivity index is 1.53. The second kappa shape index (κ2) is 7.24. The molecular formula is C22H19ClN2O3. The lowest BCUT2D eigenvalue weighted by Gasteiger charge is -2.15. The number of benzene rings is 2. The first-order valence-electron chi connectivity index (χ1n) is 9.16. The third-order valence-electron chi connectivity index (χ3n) is 5.41. The Labute approximate surface area is 168 Å². The second-order valence-electron chi connectivity index (χ2n) is 7.08. The van der Waals surface area contributed by atoms with Gasteiger partial charge in [0.15, 0.2) is 0 Å². The van der Waals surface area contributed by atoms with Crippen molar-refractivity contribution in [3.8, 4) is 0 Å². The zero-order valence-electron chi connectivity index (χ0n) is 15.3. The Morgan fingerprint density at radius 1 is 1.00 bits per heavy atom. The molecule has 3 amide bonds. The molecule has 1 N–H and O–H groups in total. The van der Waals surface area contributed by atoms with Crippen LogP contribution >= 0.6 is 11.6 Å². The highest BCUT2D eigenvalue weighted by Crippen LogP contribution is 2.37. The van der Waals surface area contributed by atoms with Crippen LogP contribution in [0, 0.1) is 18.8 Å². The van der Waals surface area contributed by atoms with E-state index >= 15 is 0 Å². The third kappa shape index (κ3) is 3.12. The molecule has 0 saturated carbocycles. The molecule has 142 valence electrons. The van der Waals surface area contributed by atoms with E-state index in [4.69, 9.17) is 11.6 Å². The van der Waals surface area contributed by atoms with Crippen LogP contribution in [0.4, 0.5) is 11.4 Å². The van der Waals surface area contributed by atoms with Crippen molar-refractivity contribution >= 4 is 40.7 Å². The summed E-state index contributed by atoms with van der Waals surface area (Å²) in [5, 5.41) is 3.41. The van der Waals surface area contributed by atoms with E-state index in [9.17, 15) is 14.4 Å². The molecule has 6 heteroatoms. The van der Waals surface area contributed by atoms with Gasteiger partial charge in [0.1, 0.15) is 0 Å². The highest BCUT2D eigenvalue weighted by Gasteiger charge is 2.47. The molecular weight excluding hydrogens is 376 g/mol. The van der Waals surface area contributed by atoms with E-state index in [0.717, 1.165) is 5.56 Å². The van der Waals surface area contributed by atoms with Crippen LogP contribution < -0.4 is 10.2 Å². The van der Waals surface area contributed by atoms with Crippen LogP contribution in [0.25, 0.3) is 0 Å². The molecule has 2 atom stereocenters. The molecule has 5 nitrogen and oxygen atoms in total. The number of nitrogens with zero attached hydrogens (tertiary/aromatic N) is 1. The first kappa shape index (κ1) is 18.4. The van der Waals surface area contributed by atoms with Gasteiger partial charge >= 0.3 is 0 Å². The minimum atomic E-state index is -0.283. The van der Waals surface area contributed by atoms with Gasteiger partial charge in [-0.15, -0.1) is 0 Å². The van der Waals surface area contributed by atoms with Crippen molar-refractivity contribution in [2.75, 3.05) is 10.2 Å². The van der Waals surface area contributed by atoms with Gasteiger partial charge in [0.2, 0.25) is 11.8 Å². The SMILES string of the molecule is Cc1c(Cl)cccc1NC(=O)c1ccc(N2C(=O)[C@H]3CC=CC[C@@H]3C2=O)cc1. The number of halogens is 1. The summed E-state index contributed by atoms with van der Waals surface area (Å²) < 4.78 is 0. The van der Waals surface area contributed by atoms with Gasteiger partial charge in [-0.1, -0.05) is 29.8 Å². The van der Waals surface area contributed by atoms with Crippen LogP contribution in [0.15, 0.2) is 54.6 Å². The van der Waals surface area contributed by atoms with E-state index in [0.29, 0.717) is 34.8 Å². The van der Waals surface area contributed by atoms with Gasteiger partial charge in [0, 0.05) is 16.3 Å². The zero-order chi connectivity index (χ0) is 19.8. The van der Waals surface area contributed by atoms with Crippen LogP contribution in [0.5, 0.6) is 0 Å². The number of imide groups is 1. The first-order chi connectivity index (χ1) is 13.5. The molecule has 1 fully saturated rings. The van der Waals surface area contributed by atoms with E-state index in [-0.39, 0.29) is 29.6 Å². The standard InChI is InChI=1S/C22H19ClN2O3/c1-13-18(23)7-4-8-19(13)24-20(26)14-9-11-15(12-10-14)25-21(27)16-5-2-3-6-17(16)22(25)28/h2-4,7-12,16-17H,5-6H2,1H3,(H,24,26)/t16-,17-/m0/s1. The van der Waals surface area contributed by atoms with Gasteiger partial charge in [0.25, 0.3) is 5.91 Å². The fourth-order valence-corrected chi connectivity index (χ4v) is 3.93. The lowest BCUT2D eigenvalue weighted by molar-refractivity contribution is -0.122. The van der Waals surface area contributed by atoms with Crippen molar-refractivity contribution in [1.29, 1.82) is 0 Å². The number of anilines is 2. The molecule has 1 heterocycles. The van der Waals surface area contributed by atoms with Gasteiger partial charge in [0.05, 0.1) is 17.5 Å². The third-order valence-corrected chi connectivity index (χ3v) is 5.82. The summed E-state index contributed by atoms with van der Waals surface area (Å²) in [5.41, 5.74) is 2.36. The predicted molar refractivity (Wildman–Crippen MR) is 108 cm³/mol. The monoisotopic (exact) mass is 394 g/mol. The quantitative estimate of drug-likeness (QED) is 0.621. The molecule has 2 aromatic carbocycles. The minimum Gasteiger partial charge on any atom is -0.322 e. The number of carbonyl (C=O) groups is 3. The van der Waals surface area contributed by atoms with Gasteiger partial charge in [-0.05, 0) is 61.7 Å². The lowest BCUT2D eigenvalue weighted by atomic mass is 9.85. The molecule has 2 aromatic rings. The first-order valence-corrected chi connectivity index (χ1v) is 9.54. The van der Waals surface area contributed by atoms with Crippen LogP contribution in [0.1, 0.15) is 28.8 Å². The normalized spacial score (nSPS) is 21.0. The summed E-state index contributed by atoms with van der Waals surface area (Å²) in [5.74, 6) is -1.15. The number of carbonyl (C=O) groups excluding carboxylic acids is 3. The molecule has 0 spiro atoms. The molecule has 4 rings (SSSR count). The average molecular weight is 395 g/mol. The van der Waals surface area contributed by atoms with E-state index in [2.05, 4.69) is 5.32 Å². The summed E-state index contributed by atoms with van der Waals surface area (Å²) in [4.78, 5) is 39.1. The molecule has 0 unspecified atom stereocenters. The Morgan fingerprint density at radius 3 is 2.21 bits per heavy atom. The summed E-state index contributed by atoms with van der Waals surface area (Å²) in [6.45, 7) is 1.83. The van der Waals surface area contributed by atoms with Crippen molar-refractivity contribution in [1.82, 2.24) is 0 Å². The Bertz CT molecular complexity index is 971. The minimum absolute atomic E-state index is 0.161. The number of fused-ring (bicyclic) bond motifs is 1. The van der Waals surface area contributed by atoms with Crippen molar-refractivity contribution < 1.29 is 14.4 Å². The van der Waals surface area contributed by atoms with Crippen molar-refractivity contribution in [2.45, 2.75) is 19.8 Å². The molecule has 1 aliphatic carbocycles. The van der Waals surface area contributed by atoms with E-state index < -0.39 is 0 Å². The molecule has 0 aromatic heterocycles. The molecule has 0 radical (unpaired) electrons. The van der Waals surface area contributed by atoms with Crippen LogP contribution in [-0.2, 0) is 9.59 Å². The highest BCUT2D eigenvalue weighted by molar-refractivity contribution is 6.31. The van der Waals surface area contributed by atoms with E-state index in [1.165, 1.54) is 4.90 Å². The fourth-order valence-electron chi connectivity index (χ4n) is 3.75. The summed E-state index contributed by atoms with van der Waals surface area (Å²) in [6, 6.07) is 11.8. The smallest absolute Gasteiger partial charge is 0.255 e. The fraction of sp³-hybridized carbons (Fsp3) is 0.227. The van der Waals surface area contributed by atoms with Crippen LogP contribution in [-0.4, -0.2) is 17.7 Å². The summed E-state index contributed by atoms with van der Waals surface area (Å²) in [7, 11) is 0. The molecule has 2 aliphatic rings. The topological polar surface area (TPSA) is 66.5 Å². The van der Waals surface area contributed by atoms with Crippen LogP contribution in [0.2, 0.25) is 5.02 Å². The molecule has 1 saturated heterocycles. The average Bonchev–Trinajstić information content (AvgIpc) is 2.96. The Morgan fingerprint density at radius 2 is 1.61 bits per heavy atom. The van der Waals surface area contributed by atoms with Crippen molar-refractivity contribution in [2.24, 2.45) is 11.8 Å². The maximum Gasteiger partial charge on any atom is 0.255 e. The summed E-state index contributed by atoms with van der Waals surface area (Å²) in [6.07, 6.45) is 5.12. The number of rotatable bonds is 3. The highest BCUT2D eigenvalue weighted by atomic mass is 35.5. The molecule has 1 aliphatic heterocycles. The predicted octanol–water partition coefficient (Wildman–Crippen LogP) is 4.36. The largest absolute Gasteiger partial charge is 0.322 e. The summed E-state index contributed by atoms with van der Waals surface area (Å²) >= 11 is 6.09. The van der Waals surface area contributed by atoms with Crippen LogP contribution in [0.3, 0.4) is 0 Å². The van der Waals surface area contributed by atoms with Crippen molar-refractivity contribution in [3.63, 3.8) is 0 Å². The maximum absolute atomic E-state index is 12.7. The number of hydrogen-bond acceptors (Lipinski definition) is 3. The number of allylic oxidation sites excluding steroid dienone is 2. The number of amides is 3. The van der Waals surface area contributed by atoms with Gasteiger partial charge in [-0.2, -0.15) is 0 Å². The number of nitrogens with one attached hydrogen (secondary N) is 1.